The molecule has 0 spiro atoms. The maximum absolute atomic E-state index is 15.1. The van der Waals surface area contributed by atoms with Crippen molar-refractivity contribution in [3.63, 3.8) is 0 Å². The average Bonchev–Trinajstić information content (AvgIpc) is 2.99. The van der Waals surface area contributed by atoms with Gasteiger partial charge in [-0.05, 0) is 60.5 Å². The third-order valence-electron chi connectivity index (χ3n) is 5.17. The molecular weight excluding hydrogens is 485 g/mol. The normalized spacial score (nSPS) is 11.8. The monoisotopic (exact) mass is 503 g/mol. The Kier molecular flexibility index (Phi) is 5.35. The molecule has 0 saturated carbocycles. The summed E-state index contributed by atoms with van der Waals surface area (Å²) < 4.78 is 47.5. The fourth-order valence-electron chi connectivity index (χ4n) is 3.56. The number of halogens is 2. The molecule has 9 heteroatoms. The Morgan fingerprint density at radius 2 is 1.74 bits per heavy atom. The lowest BCUT2D eigenvalue weighted by atomic mass is 9.99. The average molecular weight is 504 g/mol. The first kappa shape index (κ1) is 21.5. The van der Waals surface area contributed by atoms with E-state index in [0.29, 0.717) is 11.4 Å². The van der Waals surface area contributed by atoms with Crippen LogP contribution in [0.4, 0.5) is 4.39 Å². The summed E-state index contributed by atoms with van der Waals surface area (Å²) in [5, 5.41) is 0. The number of rotatable bonds is 4. The van der Waals surface area contributed by atoms with E-state index in [1.165, 1.54) is 18.3 Å². The van der Waals surface area contributed by atoms with Gasteiger partial charge in [0, 0.05) is 11.1 Å². The summed E-state index contributed by atoms with van der Waals surface area (Å²) in [5.74, 6) is -0.123. The van der Waals surface area contributed by atoms with E-state index in [1.54, 1.807) is 19.2 Å². The first-order chi connectivity index (χ1) is 14.7. The summed E-state index contributed by atoms with van der Waals surface area (Å²) in [7, 11) is -2.52. The van der Waals surface area contributed by atoms with Gasteiger partial charge in [0.05, 0.1) is 23.9 Å². The molecule has 0 saturated heterocycles. The van der Waals surface area contributed by atoms with E-state index in [4.69, 9.17) is 4.74 Å². The van der Waals surface area contributed by atoms with Gasteiger partial charge in [-0.15, -0.1) is 0 Å². The maximum Gasteiger partial charge on any atom is 0.270 e. The van der Waals surface area contributed by atoms with Crippen LogP contribution in [0.5, 0.6) is 5.75 Å². The standard InChI is InChI=1S/C22H19BrFN3O3S/c1-12-5-8-15(9-6-12)31(28,29)27-21(23)19(24)20-22(27)25-11-16(26-20)18-13(2)7-10-17(30-4)14(18)3/h5-11H,1-4H3. The number of aryl methyl sites for hydroxylation is 2. The van der Waals surface area contributed by atoms with Crippen molar-refractivity contribution in [3.8, 4) is 17.0 Å². The van der Waals surface area contributed by atoms with E-state index in [0.717, 1.165) is 26.2 Å². The highest BCUT2D eigenvalue weighted by Crippen LogP contribution is 2.35. The van der Waals surface area contributed by atoms with Crippen molar-refractivity contribution in [1.82, 2.24) is 13.9 Å². The van der Waals surface area contributed by atoms with Gasteiger partial charge in [-0.3, -0.25) is 0 Å². The smallest absolute Gasteiger partial charge is 0.270 e. The van der Waals surface area contributed by atoms with Crippen LogP contribution in [0.15, 0.2) is 52.1 Å². The van der Waals surface area contributed by atoms with Gasteiger partial charge in [-0.25, -0.2) is 26.7 Å². The molecule has 0 N–H and O–H groups in total. The zero-order valence-electron chi connectivity index (χ0n) is 17.3. The summed E-state index contributed by atoms with van der Waals surface area (Å²) in [4.78, 5) is 8.76. The van der Waals surface area contributed by atoms with Gasteiger partial charge in [0.25, 0.3) is 10.0 Å². The van der Waals surface area contributed by atoms with E-state index >= 15 is 4.39 Å². The van der Waals surface area contributed by atoms with E-state index in [-0.39, 0.29) is 20.7 Å². The van der Waals surface area contributed by atoms with Gasteiger partial charge in [-0.2, -0.15) is 0 Å². The first-order valence-corrected chi connectivity index (χ1v) is 11.6. The Labute approximate surface area is 187 Å². The summed E-state index contributed by atoms with van der Waals surface area (Å²) in [6.45, 7) is 5.64. The number of nitrogens with zero attached hydrogens (tertiary/aromatic N) is 3. The molecule has 0 bridgehead atoms. The zero-order valence-corrected chi connectivity index (χ0v) is 19.7. The van der Waals surface area contributed by atoms with Crippen molar-refractivity contribution < 1.29 is 17.5 Å². The molecule has 0 aliphatic carbocycles. The summed E-state index contributed by atoms with van der Waals surface area (Å²) in [6, 6.07) is 10.0. The minimum atomic E-state index is -4.09. The third kappa shape index (κ3) is 3.41. The number of fused-ring (bicyclic) bond motifs is 1. The Morgan fingerprint density at radius 3 is 2.39 bits per heavy atom. The predicted molar refractivity (Wildman–Crippen MR) is 120 cm³/mol. The number of hydrogen-bond donors (Lipinski definition) is 0. The number of ether oxygens (including phenoxy) is 1. The Bertz CT molecular complexity index is 1430. The summed E-state index contributed by atoms with van der Waals surface area (Å²) in [6.07, 6.45) is 1.45. The van der Waals surface area contributed by atoms with E-state index in [1.807, 2.05) is 32.9 Å². The Hall–Kier alpha value is -2.78. The fraction of sp³-hybridized carbons (Fsp3) is 0.182. The van der Waals surface area contributed by atoms with Crippen LogP contribution in [-0.2, 0) is 10.0 Å². The molecule has 31 heavy (non-hydrogen) atoms. The topological polar surface area (TPSA) is 74.1 Å². The lowest BCUT2D eigenvalue weighted by molar-refractivity contribution is 0.412. The highest BCUT2D eigenvalue weighted by atomic mass is 79.9. The molecule has 160 valence electrons. The van der Waals surface area contributed by atoms with Crippen molar-refractivity contribution in [2.75, 3.05) is 7.11 Å². The molecule has 0 atom stereocenters. The van der Waals surface area contributed by atoms with E-state index in [2.05, 4.69) is 25.9 Å². The molecule has 2 aromatic carbocycles. The third-order valence-corrected chi connectivity index (χ3v) is 7.81. The molecule has 0 radical (unpaired) electrons. The summed E-state index contributed by atoms with van der Waals surface area (Å²) >= 11 is 3.08. The highest BCUT2D eigenvalue weighted by Gasteiger charge is 2.28. The van der Waals surface area contributed by atoms with Crippen molar-refractivity contribution in [1.29, 1.82) is 0 Å². The maximum atomic E-state index is 15.1. The lowest BCUT2D eigenvalue weighted by Crippen LogP contribution is -2.14. The molecule has 6 nitrogen and oxygen atoms in total. The van der Waals surface area contributed by atoms with Gasteiger partial charge in [0.1, 0.15) is 15.9 Å². The van der Waals surface area contributed by atoms with Gasteiger partial charge in [0.2, 0.25) is 0 Å². The van der Waals surface area contributed by atoms with Crippen molar-refractivity contribution >= 4 is 37.1 Å². The van der Waals surface area contributed by atoms with Crippen LogP contribution < -0.4 is 4.74 Å². The minimum absolute atomic E-state index is 0.0288. The van der Waals surface area contributed by atoms with Crippen LogP contribution in [0.2, 0.25) is 0 Å². The first-order valence-electron chi connectivity index (χ1n) is 9.36. The van der Waals surface area contributed by atoms with Crippen LogP contribution in [0.1, 0.15) is 16.7 Å². The SMILES string of the molecule is COc1ccc(C)c(-c2cnc3c(n2)c(F)c(Br)n3S(=O)(=O)c2ccc(C)cc2)c1C. The van der Waals surface area contributed by atoms with Crippen LogP contribution in [0.25, 0.3) is 22.4 Å². The van der Waals surface area contributed by atoms with Crippen LogP contribution in [-0.4, -0.2) is 29.5 Å². The van der Waals surface area contributed by atoms with Crippen molar-refractivity contribution in [3.05, 3.63) is 69.7 Å². The van der Waals surface area contributed by atoms with Crippen molar-refractivity contribution in [2.24, 2.45) is 0 Å². The van der Waals surface area contributed by atoms with Gasteiger partial charge in [-0.1, -0.05) is 23.8 Å². The quantitative estimate of drug-likeness (QED) is 0.384. The van der Waals surface area contributed by atoms with Crippen LogP contribution >= 0.6 is 15.9 Å². The minimum Gasteiger partial charge on any atom is -0.496 e. The Balaban J connectivity index is 1.96. The van der Waals surface area contributed by atoms with E-state index < -0.39 is 15.8 Å². The van der Waals surface area contributed by atoms with Crippen LogP contribution in [0, 0.1) is 26.6 Å². The molecule has 0 aliphatic heterocycles. The molecule has 2 heterocycles. The Morgan fingerprint density at radius 1 is 1.06 bits per heavy atom. The predicted octanol–water partition coefficient (Wildman–Crippen LogP) is 5.17. The second-order valence-corrected chi connectivity index (χ2v) is 9.74. The molecule has 0 unspecified atom stereocenters. The molecule has 2 aromatic heterocycles. The molecular formula is C22H19BrFN3O3S. The van der Waals surface area contributed by atoms with Gasteiger partial charge in [0.15, 0.2) is 11.5 Å². The number of aromatic nitrogens is 3. The molecule has 4 rings (SSSR count). The van der Waals surface area contributed by atoms with Gasteiger partial charge >= 0.3 is 0 Å². The van der Waals surface area contributed by atoms with Crippen LogP contribution in [0.3, 0.4) is 0 Å². The number of methoxy groups -OCH3 is 1. The lowest BCUT2D eigenvalue weighted by Gasteiger charge is -2.13. The fourth-order valence-corrected chi connectivity index (χ4v) is 5.83. The molecule has 4 aromatic rings. The molecule has 0 fully saturated rings. The summed E-state index contributed by atoms with van der Waals surface area (Å²) in [5.41, 5.74) is 3.63. The molecule has 0 amide bonds. The molecule has 0 aliphatic rings. The highest BCUT2D eigenvalue weighted by molar-refractivity contribution is 9.10. The second kappa shape index (κ2) is 7.72. The zero-order chi connectivity index (χ0) is 22.5. The second-order valence-electron chi connectivity index (χ2n) is 7.20. The number of hydrogen-bond acceptors (Lipinski definition) is 5. The van der Waals surface area contributed by atoms with Crippen molar-refractivity contribution in [2.45, 2.75) is 25.7 Å². The van der Waals surface area contributed by atoms with Gasteiger partial charge < -0.3 is 4.74 Å². The van der Waals surface area contributed by atoms with E-state index in [9.17, 15) is 8.42 Å². The number of benzene rings is 2. The largest absolute Gasteiger partial charge is 0.496 e.